The number of rotatable bonds is 4. The molecule has 1 aliphatic rings. The zero-order valence-corrected chi connectivity index (χ0v) is 12.9. The maximum Gasteiger partial charge on any atom is 0.270 e. The minimum atomic E-state index is -0.498. The van der Waals surface area contributed by atoms with Crippen molar-refractivity contribution in [1.29, 1.82) is 0 Å². The first kappa shape index (κ1) is 15.5. The number of methoxy groups -OCH3 is 2. The Bertz CT molecular complexity index is 871. The number of ketones is 1. The van der Waals surface area contributed by atoms with Gasteiger partial charge in [-0.1, -0.05) is 12.1 Å². The molecule has 0 aromatic heterocycles. The van der Waals surface area contributed by atoms with E-state index < -0.39 is 4.92 Å². The van der Waals surface area contributed by atoms with E-state index in [1.54, 1.807) is 24.3 Å². The van der Waals surface area contributed by atoms with Gasteiger partial charge in [-0.3, -0.25) is 14.9 Å². The number of nitrogens with zero attached hydrogens (tertiary/aromatic N) is 1. The molecule has 0 bridgehead atoms. The van der Waals surface area contributed by atoms with Gasteiger partial charge in [0.2, 0.25) is 11.5 Å². The number of Topliss-reactive ketones (excluding diaryl/α,β-unsaturated/α-hetero) is 1. The van der Waals surface area contributed by atoms with Crippen LogP contribution in [-0.4, -0.2) is 24.9 Å². The summed E-state index contributed by atoms with van der Waals surface area (Å²) in [5.74, 6) is 0.791. The summed E-state index contributed by atoms with van der Waals surface area (Å²) in [5.41, 5.74) is 0.780. The van der Waals surface area contributed by atoms with Crippen LogP contribution in [0.4, 0.5) is 5.69 Å². The largest absolute Gasteiger partial charge is 0.493 e. The van der Waals surface area contributed by atoms with Gasteiger partial charge in [-0.2, -0.15) is 0 Å². The first-order chi connectivity index (χ1) is 11.5. The molecule has 0 unspecified atom stereocenters. The van der Waals surface area contributed by atoms with E-state index >= 15 is 0 Å². The molecule has 0 radical (unpaired) electrons. The van der Waals surface area contributed by atoms with Crippen molar-refractivity contribution in [3.63, 3.8) is 0 Å². The maximum absolute atomic E-state index is 12.5. The fraction of sp³-hybridized carbons (Fsp3) is 0.118. The second-order valence-corrected chi connectivity index (χ2v) is 4.97. The first-order valence-electron chi connectivity index (χ1n) is 6.99. The summed E-state index contributed by atoms with van der Waals surface area (Å²) in [7, 11) is 2.94. The van der Waals surface area contributed by atoms with Crippen molar-refractivity contribution >= 4 is 17.5 Å². The lowest BCUT2D eigenvalue weighted by molar-refractivity contribution is -0.384. The molecule has 2 aromatic rings. The summed E-state index contributed by atoms with van der Waals surface area (Å²) in [6.07, 6.45) is 1.46. The predicted molar refractivity (Wildman–Crippen MR) is 85.6 cm³/mol. The molecule has 1 heterocycles. The summed E-state index contributed by atoms with van der Waals surface area (Å²) in [4.78, 5) is 22.8. The van der Waals surface area contributed by atoms with Gasteiger partial charge < -0.3 is 14.2 Å². The van der Waals surface area contributed by atoms with Crippen LogP contribution in [-0.2, 0) is 0 Å². The van der Waals surface area contributed by atoms with Crippen molar-refractivity contribution in [2.45, 2.75) is 0 Å². The van der Waals surface area contributed by atoms with Crippen molar-refractivity contribution in [2.75, 3.05) is 14.2 Å². The van der Waals surface area contributed by atoms with Gasteiger partial charge in [0, 0.05) is 12.1 Å². The second kappa shape index (κ2) is 6.04. The third-order valence-electron chi connectivity index (χ3n) is 3.56. The van der Waals surface area contributed by atoms with Crippen LogP contribution in [0.1, 0.15) is 15.9 Å². The van der Waals surface area contributed by atoms with E-state index in [1.165, 1.54) is 32.4 Å². The van der Waals surface area contributed by atoms with E-state index in [1.807, 2.05) is 0 Å². The molecule has 7 nitrogen and oxygen atoms in total. The Balaban J connectivity index is 2.02. The molecule has 0 amide bonds. The summed E-state index contributed by atoms with van der Waals surface area (Å²) < 4.78 is 16.1. The fourth-order valence-electron chi connectivity index (χ4n) is 2.44. The Kier molecular flexibility index (Phi) is 3.91. The van der Waals surface area contributed by atoms with Crippen LogP contribution in [0.5, 0.6) is 17.2 Å². The molecule has 0 N–H and O–H groups in total. The van der Waals surface area contributed by atoms with E-state index in [-0.39, 0.29) is 23.0 Å². The van der Waals surface area contributed by atoms with Crippen LogP contribution in [0.25, 0.3) is 6.08 Å². The maximum atomic E-state index is 12.5. The Morgan fingerprint density at radius 1 is 1.17 bits per heavy atom. The molecule has 0 aliphatic carbocycles. The van der Waals surface area contributed by atoms with Crippen molar-refractivity contribution in [2.24, 2.45) is 0 Å². The number of benzene rings is 2. The lowest BCUT2D eigenvalue weighted by Gasteiger charge is -2.10. The zero-order chi connectivity index (χ0) is 17.3. The van der Waals surface area contributed by atoms with Crippen LogP contribution in [0, 0.1) is 10.1 Å². The van der Waals surface area contributed by atoms with Gasteiger partial charge in [-0.05, 0) is 23.8 Å². The number of non-ortho nitro benzene ring substituents is 1. The predicted octanol–water partition coefficient (Wildman–Crippen LogP) is 3.23. The second-order valence-electron chi connectivity index (χ2n) is 4.97. The standard InChI is InChI=1S/C17H13NO6/c1-22-13-7-6-12-15(19)14(24-16(12)17(13)23-2)9-10-4-3-5-11(8-10)18(20)21/h3-9H,1-2H3/b14-9+. The number of carbonyl (C=O) groups is 1. The number of fused-ring (bicyclic) bond motifs is 1. The van der Waals surface area contributed by atoms with Gasteiger partial charge >= 0.3 is 0 Å². The first-order valence-corrected chi connectivity index (χ1v) is 6.99. The van der Waals surface area contributed by atoms with Crippen molar-refractivity contribution in [3.8, 4) is 17.2 Å². The average molecular weight is 327 g/mol. The van der Waals surface area contributed by atoms with E-state index in [4.69, 9.17) is 14.2 Å². The molecule has 24 heavy (non-hydrogen) atoms. The molecular formula is C17H13NO6. The van der Waals surface area contributed by atoms with Gasteiger partial charge in [0.1, 0.15) is 0 Å². The van der Waals surface area contributed by atoms with Gasteiger partial charge in [-0.15, -0.1) is 0 Å². The summed E-state index contributed by atoms with van der Waals surface area (Å²) in [6.45, 7) is 0. The Hall–Kier alpha value is -3.35. The van der Waals surface area contributed by atoms with E-state index in [2.05, 4.69) is 0 Å². The monoisotopic (exact) mass is 327 g/mol. The van der Waals surface area contributed by atoms with Crippen LogP contribution < -0.4 is 14.2 Å². The molecule has 0 spiro atoms. The minimum absolute atomic E-state index is 0.0634. The van der Waals surface area contributed by atoms with Crippen LogP contribution in [0.3, 0.4) is 0 Å². The lowest BCUT2D eigenvalue weighted by atomic mass is 10.1. The average Bonchev–Trinajstić information content (AvgIpc) is 2.90. The van der Waals surface area contributed by atoms with Crippen LogP contribution >= 0.6 is 0 Å². The number of ether oxygens (including phenoxy) is 3. The van der Waals surface area contributed by atoms with Gasteiger partial charge in [0.05, 0.1) is 24.7 Å². The van der Waals surface area contributed by atoms with E-state index in [9.17, 15) is 14.9 Å². The van der Waals surface area contributed by atoms with Crippen LogP contribution in [0.2, 0.25) is 0 Å². The summed E-state index contributed by atoms with van der Waals surface area (Å²) in [5, 5.41) is 10.8. The van der Waals surface area contributed by atoms with Crippen molar-refractivity contribution in [3.05, 3.63) is 63.4 Å². The number of hydrogen-bond donors (Lipinski definition) is 0. The molecule has 0 saturated carbocycles. The SMILES string of the molecule is COc1ccc2c(c1OC)O/C(=C/c1cccc([N+](=O)[O-])c1)C2=O. The topological polar surface area (TPSA) is 87.9 Å². The normalized spacial score (nSPS) is 14.2. The van der Waals surface area contributed by atoms with Gasteiger partial charge in [0.25, 0.3) is 5.69 Å². The third kappa shape index (κ3) is 2.56. The minimum Gasteiger partial charge on any atom is -0.493 e. The highest BCUT2D eigenvalue weighted by Crippen LogP contribution is 2.45. The summed E-state index contributed by atoms with van der Waals surface area (Å²) in [6, 6.07) is 9.15. The molecule has 2 aromatic carbocycles. The molecule has 1 aliphatic heterocycles. The van der Waals surface area contributed by atoms with Crippen molar-refractivity contribution in [1.82, 2.24) is 0 Å². The smallest absolute Gasteiger partial charge is 0.270 e. The number of nitro groups is 1. The van der Waals surface area contributed by atoms with Gasteiger partial charge in [0.15, 0.2) is 17.3 Å². The highest BCUT2D eigenvalue weighted by atomic mass is 16.6. The summed E-state index contributed by atoms with van der Waals surface area (Å²) >= 11 is 0. The molecule has 7 heteroatoms. The Morgan fingerprint density at radius 2 is 1.96 bits per heavy atom. The van der Waals surface area contributed by atoms with Gasteiger partial charge in [-0.25, -0.2) is 0 Å². The number of nitro benzene ring substituents is 1. The molecule has 0 atom stereocenters. The Morgan fingerprint density at radius 3 is 2.62 bits per heavy atom. The van der Waals surface area contributed by atoms with E-state index in [0.29, 0.717) is 22.6 Å². The highest BCUT2D eigenvalue weighted by Gasteiger charge is 2.32. The fourth-order valence-corrected chi connectivity index (χ4v) is 2.44. The lowest BCUT2D eigenvalue weighted by Crippen LogP contribution is -1.98. The molecular weight excluding hydrogens is 314 g/mol. The zero-order valence-electron chi connectivity index (χ0n) is 12.9. The molecule has 122 valence electrons. The third-order valence-corrected chi connectivity index (χ3v) is 3.56. The quantitative estimate of drug-likeness (QED) is 0.487. The highest BCUT2D eigenvalue weighted by molar-refractivity contribution is 6.15. The number of carbonyl (C=O) groups excluding carboxylic acids is 1. The molecule has 0 fully saturated rings. The van der Waals surface area contributed by atoms with Crippen molar-refractivity contribution < 1.29 is 23.9 Å². The number of allylic oxidation sites excluding steroid dienone is 1. The number of hydrogen-bond acceptors (Lipinski definition) is 6. The molecule has 3 rings (SSSR count). The van der Waals surface area contributed by atoms with Crippen LogP contribution in [0.15, 0.2) is 42.2 Å². The van der Waals surface area contributed by atoms with E-state index in [0.717, 1.165) is 0 Å². The molecule has 0 saturated heterocycles. The Labute approximate surface area is 137 Å².